The van der Waals surface area contributed by atoms with Crippen LogP contribution >= 0.6 is 11.6 Å². The number of benzene rings is 2. The third kappa shape index (κ3) is 6.31. The molecule has 2 N–H and O–H groups in total. The Morgan fingerprint density at radius 2 is 1.82 bits per heavy atom. The van der Waals surface area contributed by atoms with Crippen LogP contribution in [0.4, 0.5) is 0 Å². The molecule has 9 heteroatoms. The van der Waals surface area contributed by atoms with E-state index in [1.807, 2.05) is 25.1 Å². The summed E-state index contributed by atoms with van der Waals surface area (Å²) in [5.74, 6) is -0.687. The highest BCUT2D eigenvalue weighted by atomic mass is 35.5. The Balaban J connectivity index is 1.53. The van der Waals surface area contributed by atoms with Crippen molar-refractivity contribution in [3.8, 4) is 11.1 Å². The van der Waals surface area contributed by atoms with Crippen molar-refractivity contribution in [3.05, 3.63) is 92.4 Å². The molecular weight excluding hydrogens is 520 g/mol. The number of hydrogen-bond acceptors (Lipinski definition) is 6. The number of halogens is 1. The molecule has 0 spiro atoms. The predicted octanol–water partition coefficient (Wildman–Crippen LogP) is 3.89. The van der Waals surface area contributed by atoms with E-state index in [0.717, 1.165) is 27.8 Å². The van der Waals surface area contributed by atoms with Gasteiger partial charge >= 0.3 is 0 Å². The van der Waals surface area contributed by atoms with Gasteiger partial charge in [-0.05, 0) is 59.9 Å². The molecule has 204 valence electrons. The lowest BCUT2D eigenvalue weighted by Crippen LogP contribution is -2.37. The third-order valence-electron chi connectivity index (χ3n) is 7.25. The molecule has 2 aliphatic heterocycles. The Kier molecular flexibility index (Phi) is 8.28. The molecule has 8 nitrogen and oxygen atoms in total. The number of amides is 1. The largest absolute Gasteiger partial charge is 0.376 e. The highest BCUT2D eigenvalue weighted by molar-refractivity contribution is 6.30. The Morgan fingerprint density at radius 3 is 2.54 bits per heavy atom. The lowest BCUT2D eigenvalue weighted by Gasteiger charge is -2.29. The fourth-order valence-electron chi connectivity index (χ4n) is 5.21. The number of carbonyl (C=O) groups excluding carboxylic acids is 2. The van der Waals surface area contributed by atoms with Crippen LogP contribution in [0.3, 0.4) is 0 Å². The van der Waals surface area contributed by atoms with Crippen LogP contribution in [0.5, 0.6) is 0 Å². The van der Waals surface area contributed by atoms with Crippen LogP contribution in [0.15, 0.2) is 59.5 Å². The maximum absolute atomic E-state index is 13.7. The standard InChI is InChI=1S/C30H31ClN2O6/c1-18-10-21-6-7-23(31)12-25(21)26-14-29(35)33(15-22(26)16-39-18)27(13-24-17-37-8-9-38-24)28(34)11-19-2-4-20(5-3-19)30(32)36/h2-7,12,14-15,18,24,27H,8-11,13,16-17H2,1H3,(H2,32,36)/t18?,24-,27?/m1/s1. The average Bonchev–Trinajstić information content (AvgIpc) is 2.92. The zero-order valence-electron chi connectivity index (χ0n) is 21.7. The molecule has 2 aliphatic rings. The Morgan fingerprint density at radius 1 is 1.05 bits per heavy atom. The fraction of sp³-hybridized carbons (Fsp3) is 0.367. The van der Waals surface area contributed by atoms with E-state index >= 15 is 0 Å². The molecule has 0 radical (unpaired) electrons. The molecule has 0 saturated carbocycles. The van der Waals surface area contributed by atoms with Gasteiger partial charge in [-0.1, -0.05) is 29.8 Å². The van der Waals surface area contributed by atoms with Crippen molar-refractivity contribution < 1.29 is 23.8 Å². The van der Waals surface area contributed by atoms with Gasteiger partial charge in [-0.2, -0.15) is 0 Å². The summed E-state index contributed by atoms with van der Waals surface area (Å²) in [5.41, 5.74) is 9.63. The Bertz CT molecular complexity index is 1430. The smallest absolute Gasteiger partial charge is 0.251 e. The average molecular weight is 551 g/mol. The van der Waals surface area contributed by atoms with Crippen molar-refractivity contribution in [1.82, 2.24) is 4.57 Å². The molecule has 3 aromatic rings. The summed E-state index contributed by atoms with van der Waals surface area (Å²) in [6.45, 7) is 3.58. The molecule has 2 aromatic carbocycles. The van der Waals surface area contributed by atoms with Crippen LogP contribution in [0.25, 0.3) is 11.1 Å². The molecular formula is C30H31ClN2O6. The van der Waals surface area contributed by atoms with E-state index in [1.54, 1.807) is 36.5 Å². The second-order valence-corrected chi connectivity index (χ2v) is 10.5. The van der Waals surface area contributed by atoms with E-state index in [-0.39, 0.29) is 36.4 Å². The van der Waals surface area contributed by atoms with Gasteiger partial charge < -0.3 is 24.5 Å². The molecule has 3 heterocycles. The predicted molar refractivity (Wildman–Crippen MR) is 147 cm³/mol. The molecule has 1 fully saturated rings. The number of aromatic nitrogens is 1. The molecule has 0 aliphatic carbocycles. The summed E-state index contributed by atoms with van der Waals surface area (Å²) >= 11 is 6.34. The third-order valence-corrected chi connectivity index (χ3v) is 7.49. The van der Waals surface area contributed by atoms with Crippen LogP contribution in [0, 0.1) is 0 Å². The van der Waals surface area contributed by atoms with E-state index in [9.17, 15) is 14.4 Å². The lowest BCUT2D eigenvalue weighted by molar-refractivity contribution is -0.126. The minimum atomic E-state index is -0.785. The zero-order chi connectivity index (χ0) is 27.5. The van der Waals surface area contributed by atoms with E-state index < -0.39 is 11.9 Å². The first-order chi connectivity index (χ1) is 18.8. The van der Waals surface area contributed by atoms with Crippen LogP contribution in [0.2, 0.25) is 5.02 Å². The SMILES string of the molecule is CC1Cc2ccc(Cl)cc2-c2cc(=O)n(C(C[C@@H]3COCCO3)C(=O)Cc3ccc(C(N)=O)cc3)cc2CO1. The van der Waals surface area contributed by atoms with Gasteiger partial charge in [0.1, 0.15) is 0 Å². The number of pyridine rings is 1. The number of primary amides is 1. The molecule has 1 amide bonds. The molecule has 2 unspecified atom stereocenters. The first-order valence-corrected chi connectivity index (χ1v) is 13.4. The molecule has 1 aromatic heterocycles. The number of carbonyl (C=O) groups is 2. The summed E-state index contributed by atoms with van der Waals surface area (Å²) < 4.78 is 19.0. The number of Topliss-reactive ketones (excluding diaryl/α,β-unsaturated/α-hetero) is 1. The number of ether oxygens (including phenoxy) is 3. The quantitative estimate of drug-likeness (QED) is 0.478. The normalized spacial score (nSPS) is 19.7. The van der Waals surface area contributed by atoms with Crippen molar-refractivity contribution in [2.45, 2.75) is 51.0 Å². The van der Waals surface area contributed by atoms with Crippen molar-refractivity contribution in [2.75, 3.05) is 19.8 Å². The Labute approximate surface area is 231 Å². The number of fused-ring (bicyclic) bond motifs is 3. The summed E-state index contributed by atoms with van der Waals surface area (Å²) in [6, 6.07) is 13.1. The summed E-state index contributed by atoms with van der Waals surface area (Å²) in [6.07, 6.45) is 2.44. The van der Waals surface area contributed by atoms with Crippen molar-refractivity contribution in [2.24, 2.45) is 5.73 Å². The molecule has 5 rings (SSSR count). The monoisotopic (exact) mass is 550 g/mol. The van der Waals surface area contributed by atoms with Crippen LogP contribution in [-0.2, 0) is 38.5 Å². The summed E-state index contributed by atoms with van der Waals surface area (Å²) in [4.78, 5) is 38.8. The number of nitrogens with two attached hydrogens (primary N) is 1. The van der Waals surface area contributed by atoms with Crippen molar-refractivity contribution in [1.29, 1.82) is 0 Å². The lowest BCUT2D eigenvalue weighted by atomic mass is 9.92. The van der Waals surface area contributed by atoms with Crippen LogP contribution < -0.4 is 11.3 Å². The van der Waals surface area contributed by atoms with Gasteiger partial charge in [-0.3, -0.25) is 14.4 Å². The number of ketones is 1. The second-order valence-electron chi connectivity index (χ2n) is 10.1. The van der Waals surface area contributed by atoms with Crippen molar-refractivity contribution >= 4 is 23.3 Å². The van der Waals surface area contributed by atoms with Crippen LogP contribution in [-0.4, -0.2) is 48.3 Å². The van der Waals surface area contributed by atoms with Crippen molar-refractivity contribution in [3.63, 3.8) is 0 Å². The molecule has 39 heavy (non-hydrogen) atoms. The minimum absolute atomic E-state index is 0.0351. The first kappa shape index (κ1) is 27.3. The summed E-state index contributed by atoms with van der Waals surface area (Å²) in [5, 5.41) is 0.586. The van der Waals surface area contributed by atoms with Gasteiger partial charge in [0.15, 0.2) is 5.78 Å². The fourth-order valence-corrected chi connectivity index (χ4v) is 5.38. The van der Waals surface area contributed by atoms with Gasteiger partial charge in [-0.15, -0.1) is 0 Å². The van der Waals surface area contributed by atoms with Crippen LogP contribution in [0.1, 0.15) is 46.4 Å². The highest BCUT2D eigenvalue weighted by Crippen LogP contribution is 2.33. The molecule has 3 atom stereocenters. The minimum Gasteiger partial charge on any atom is -0.376 e. The molecule has 1 saturated heterocycles. The van der Waals surface area contributed by atoms with Gasteiger partial charge in [0.05, 0.1) is 44.7 Å². The van der Waals surface area contributed by atoms with E-state index in [1.165, 1.54) is 4.57 Å². The molecule has 0 bridgehead atoms. The van der Waals surface area contributed by atoms with E-state index in [4.69, 9.17) is 31.5 Å². The highest BCUT2D eigenvalue weighted by Gasteiger charge is 2.29. The van der Waals surface area contributed by atoms with Gasteiger partial charge in [-0.25, -0.2) is 0 Å². The maximum Gasteiger partial charge on any atom is 0.251 e. The number of rotatable bonds is 7. The maximum atomic E-state index is 13.7. The topological polar surface area (TPSA) is 110 Å². The summed E-state index contributed by atoms with van der Waals surface area (Å²) in [7, 11) is 0. The second kappa shape index (κ2) is 11.8. The zero-order valence-corrected chi connectivity index (χ0v) is 22.5. The number of nitrogens with zero attached hydrogens (tertiary/aromatic N) is 1. The van der Waals surface area contributed by atoms with Gasteiger partial charge in [0, 0.05) is 41.3 Å². The van der Waals surface area contributed by atoms with Gasteiger partial charge in [0.25, 0.3) is 5.56 Å². The van der Waals surface area contributed by atoms with Gasteiger partial charge in [0.2, 0.25) is 5.91 Å². The van der Waals surface area contributed by atoms with E-state index in [2.05, 4.69) is 0 Å². The first-order valence-electron chi connectivity index (χ1n) is 13.0. The van der Waals surface area contributed by atoms with E-state index in [0.29, 0.717) is 43.4 Å². The number of hydrogen-bond donors (Lipinski definition) is 1. The Hall–Kier alpha value is -3.30.